The zero-order valence-electron chi connectivity index (χ0n) is 12.1. The maximum atomic E-state index is 12.8. The summed E-state index contributed by atoms with van der Waals surface area (Å²) in [7, 11) is 0. The maximum Gasteiger partial charge on any atom is 0.236 e. The molecule has 3 rings (SSSR count). The van der Waals surface area contributed by atoms with Gasteiger partial charge in [0.1, 0.15) is 0 Å². The predicted molar refractivity (Wildman–Crippen MR) is 88.6 cm³/mol. The predicted octanol–water partition coefficient (Wildman–Crippen LogP) is 4.26. The van der Waals surface area contributed by atoms with E-state index >= 15 is 0 Å². The van der Waals surface area contributed by atoms with Gasteiger partial charge in [-0.3, -0.25) is 4.79 Å². The van der Waals surface area contributed by atoms with Crippen LogP contribution >= 0.6 is 0 Å². The Balaban J connectivity index is 1.94. The van der Waals surface area contributed by atoms with Crippen LogP contribution in [0.15, 0.2) is 84.9 Å². The average Bonchev–Trinajstić information content (AvgIpc) is 2.58. The molecule has 0 unspecified atom stereocenters. The maximum absolute atomic E-state index is 12.8. The Hall–Kier alpha value is -2.87. The topological polar surface area (TPSA) is 29.1 Å². The Morgan fingerprint density at radius 1 is 0.773 bits per heavy atom. The molecule has 3 aromatic carbocycles. The van der Waals surface area contributed by atoms with Gasteiger partial charge in [0.25, 0.3) is 0 Å². The van der Waals surface area contributed by atoms with E-state index in [1.807, 2.05) is 72.8 Å². The molecule has 0 saturated heterocycles. The molecule has 1 amide bonds. The third kappa shape index (κ3) is 3.23. The molecule has 0 aliphatic carbocycles. The van der Waals surface area contributed by atoms with Crippen LogP contribution in [0.2, 0.25) is 0 Å². The van der Waals surface area contributed by atoms with Gasteiger partial charge in [0.05, 0.1) is 5.92 Å². The Morgan fingerprint density at radius 2 is 1.27 bits per heavy atom. The summed E-state index contributed by atoms with van der Waals surface area (Å²) < 4.78 is 0. The largest absolute Gasteiger partial charge is 0.325 e. The Kier molecular flexibility index (Phi) is 4.30. The fourth-order valence-corrected chi connectivity index (χ4v) is 2.47. The van der Waals surface area contributed by atoms with Gasteiger partial charge < -0.3 is 5.32 Å². The first-order chi connectivity index (χ1) is 10.8. The van der Waals surface area contributed by atoms with E-state index in [4.69, 9.17) is 0 Å². The van der Waals surface area contributed by atoms with Crippen molar-refractivity contribution in [2.24, 2.45) is 0 Å². The summed E-state index contributed by atoms with van der Waals surface area (Å²) in [4.78, 5) is 12.8. The van der Waals surface area contributed by atoms with Crippen LogP contribution in [-0.2, 0) is 4.79 Å². The van der Waals surface area contributed by atoms with Crippen molar-refractivity contribution in [2.75, 3.05) is 5.32 Å². The van der Waals surface area contributed by atoms with Gasteiger partial charge in [-0.15, -0.1) is 0 Å². The number of carbonyl (C=O) groups excluding carboxylic acids is 1. The van der Waals surface area contributed by atoms with Gasteiger partial charge in [-0.05, 0) is 29.3 Å². The van der Waals surface area contributed by atoms with Crippen molar-refractivity contribution < 1.29 is 4.79 Å². The molecule has 3 aromatic rings. The molecule has 0 heterocycles. The zero-order valence-corrected chi connectivity index (χ0v) is 12.1. The van der Waals surface area contributed by atoms with Gasteiger partial charge in [0.2, 0.25) is 5.91 Å². The van der Waals surface area contributed by atoms with Crippen molar-refractivity contribution in [3.8, 4) is 0 Å². The minimum atomic E-state index is -0.327. The molecule has 0 aliphatic rings. The Bertz CT molecular complexity index is 684. The molecule has 0 aliphatic heterocycles. The number of benzene rings is 3. The van der Waals surface area contributed by atoms with Gasteiger partial charge in [0.15, 0.2) is 0 Å². The highest BCUT2D eigenvalue weighted by atomic mass is 16.1. The first-order valence-corrected chi connectivity index (χ1v) is 7.21. The summed E-state index contributed by atoms with van der Waals surface area (Å²) in [6.45, 7) is 0. The molecular formula is C20H16NO. The number of anilines is 1. The average molecular weight is 286 g/mol. The highest BCUT2D eigenvalue weighted by Crippen LogP contribution is 2.26. The van der Waals surface area contributed by atoms with E-state index in [2.05, 4.69) is 11.4 Å². The molecule has 0 atom stereocenters. The molecular weight excluding hydrogens is 270 g/mol. The van der Waals surface area contributed by atoms with Crippen LogP contribution in [0.4, 0.5) is 5.69 Å². The minimum absolute atomic E-state index is 0.0383. The summed E-state index contributed by atoms with van der Waals surface area (Å²) in [6.07, 6.45) is 0. The van der Waals surface area contributed by atoms with Crippen molar-refractivity contribution in [1.29, 1.82) is 0 Å². The van der Waals surface area contributed by atoms with E-state index in [-0.39, 0.29) is 11.8 Å². The summed E-state index contributed by atoms with van der Waals surface area (Å²) in [5.74, 6) is -0.366. The van der Waals surface area contributed by atoms with Gasteiger partial charge in [-0.25, -0.2) is 0 Å². The standard InChI is InChI=1S/C20H16NO/c22-20(21-18-14-8-3-9-15-18)19(16-10-4-1-5-11-16)17-12-6-2-7-13-17/h1-2,4-15,19H,(H,21,22). The van der Waals surface area contributed by atoms with Crippen LogP contribution in [0.25, 0.3) is 0 Å². The number of hydrogen-bond acceptors (Lipinski definition) is 1. The number of rotatable bonds is 4. The Labute approximate surface area is 130 Å². The van der Waals surface area contributed by atoms with E-state index in [1.165, 1.54) is 0 Å². The second-order valence-corrected chi connectivity index (χ2v) is 5.03. The molecule has 107 valence electrons. The van der Waals surface area contributed by atoms with E-state index in [0.29, 0.717) is 0 Å². The molecule has 0 saturated carbocycles. The van der Waals surface area contributed by atoms with Crippen LogP contribution in [0.3, 0.4) is 0 Å². The molecule has 0 spiro atoms. The van der Waals surface area contributed by atoms with Gasteiger partial charge >= 0.3 is 0 Å². The smallest absolute Gasteiger partial charge is 0.236 e. The number of hydrogen-bond donors (Lipinski definition) is 1. The first-order valence-electron chi connectivity index (χ1n) is 7.21. The highest BCUT2D eigenvalue weighted by molar-refractivity contribution is 5.98. The molecule has 1 N–H and O–H groups in total. The SMILES string of the molecule is O=C(Nc1cc[c]cc1)C(c1ccccc1)c1ccccc1. The van der Waals surface area contributed by atoms with Crippen LogP contribution in [0.1, 0.15) is 17.0 Å². The lowest BCUT2D eigenvalue weighted by Crippen LogP contribution is -2.22. The zero-order chi connectivity index (χ0) is 15.2. The van der Waals surface area contributed by atoms with Crippen molar-refractivity contribution in [2.45, 2.75) is 5.92 Å². The molecule has 22 heavy (non-hydrogen) atoms. The molecule has 2 nitrogen and oxygen atoms in total. The van der Waals surface area contributed by atoms with Crippen LogP contribution in [0, 0.1) is 6.07 Å². The van der Waals surface area contributed by atoms with Gasteiger partial charge in [-0.1, -0.05) is 72.8 Å². The van der Waals surface area contributed by atoms with Crippen molar-refractivity contribution in [1.82, 2.24) is 0 Å². The summed E-state index contributed by atoms with van der Waals surface area (Å²) >= 11 is 0. The number of nitrogens with one attached hydrogen (secondary N) is 1. The third-order valence-electron chi connectivity index (χ3n) is 3.51. The first kappa shape index (κ1) is 14.1. The molecule has 2 heteroatoms. The third-order valence-corrected chi connectivity index (χ3v) is 3.51. The van der Waals surface area contributed by atoms with Crippen LogP contribution < -0.4 is 5.32 Å². The molecule has 0 aromatic heterocycles. The van der Waals surface area contributed by atoms with Crippen molar-refractivity contribution in [3.63, 3.8) is 0 Å². The lowest BCUT2D eigenvalue weighted by molar-refractivity contribution is -0.116. The quantitative estimate of drug-likeness (QED) is 0.763. The summed E-state index contributed by atoms with van der Waals surface area (Å²) in [5, 5.41) is 2.98. The van der Waals surface area contributed by atoms with E-state index < -0.39 is 0 Å². The lowest BCUT2D eigenvalue weighted by atomic mass is 9.90. The molecule has 0 fully saturated rings. The number of amides is 1. The second kappa shape index (κ2) is 6.72. The normalized spacial score (nSPS) is 10.4. The molecule has 1 radical (unpaired) electrons. The summed E-state index contributed by atoms with van der Waals surface area (Å²) in [5.41, 5.74) is 2.74. The molecule has 0 bridgehead atoms. The van der Waals surface area contributed by atoms with Gasteiger partial charge in [-0.2, -0.15) is 0 Å². The van der Waals surface area contributed by atoms with E-state index in [1.54, 1.807) is 12.1 Å². The number of carbonyl (C=O) groups is 1. The minimum Gasteiger partial charge on any atom is -0.325 e. The van der Waals surface area contributed by atoms with Crippen LogP contribution in [-0.4, -0.2) is 5.91 Å². The van der Waals surface area contributed by atoms with Crippen LogP contribution in [0.5, 0.6) is 0 Å². The monoisotopic (exact) mass is 286 g/mol. The second-order valence-electron chi connectivity index (χ2n) is 5.03. The van der Waals surface area contributed by atoms with Crippen molar-refractivity contribution >= 4 is 11.6 Å². The van der Waals surface area contributed by atoms with Crippen molar-refractivity contribution in [3.05, 3.63) is 102 Å². The fraction of sp³-hybridized carbons (Fsp3) is 0.0500. The lowest BCUT2D eigenvalue weighted by Gasteiger charge is -2.18. The summed E-state index contributed by atoms with van der Waals surface area (Å²) in [6, 6.07) is 29.9. The van der Waals surface area contributed by atoms with E-state index in [9.17, 15) is 4.79 Å². The Morgan fingerprint density at radius 3 is 1.77 bits per heavy atom. The fourth-order valence-electron chi connectivity index (χ4n) is 2.47. The van der Waals surface area contributed by atoms with Gasteiger partial charge in [0, 0.05) is 5.69 Å². The highest BCUT2D eigenvalue weighted by Gasteiger charge is 2.22. The van der Waals surface area contributed by atoms with E-state index in [0.717, 1.165) is 16.8 Å².